The molecule has 0 bridgehead atoms. The predicted octanol–water partition coefficient (Wildman–Crippen LogP) is 1.94. The summed E-state index contributed by atoms with van der Waals surface area (Å²) in [6, 6.07) is 4.67. The van der Waals surface area contributed by atoms with Gasteiger partial charge in [0.15, 0.2) is 0 Å². The summed E-state index contributed by atoms with van der Waals surface area (Å²) in [5.41, 5.74) is 0.465. The van der Waals surface area contributed by atoms with Crippen molar-refractivity contribution >= 4 is 5.97 Å². The van der Waals surface area contributed by atoms with Gasteiger partial charge in [0.25, 0.3) is 0 Å². The lowest BCUT2D eigenvalue weighted by Gasteiger charge is -2.24. The first kappa shape index (κ1) is 10.9. The number of hydrogen-bond donors (Lipinski definition) is 0. The molecule has 0 N–H and O–H groups in total. The van der Waals surface area contributed by atoms with Crippen LogP contribution < -0.4 is 4.74 Å². The summed E-state index contributed by atoms with van der Waals surface area (Å²) in [4.78, 5) is 11.5. The monoisotopic (exact) mass is 224 g/mol. The number of rotatable bonds is 2. The quantitative estimate of drug-likeness (QED) is 0.720. The highest BCUT2D eigenvalue weighted by atomic mass is 19.1. The number of carbonyl (C=O) groups excluding carboxylic acids is 1. The van der Waals surface area contributed by atoms with Crippen molar-refractivity contribution in [3.8, 4) is 5.75 Å². The lowest BCUT2D eigenvalue weighted by Crippen LogP contribution is -2.30. The first-order valence-corrected chi connectivity index (χ1v) is 5.29. The molecule has 0 aromatic heterocycles. The van der Waals surface area contributed by atoms with Crippen LogP contribution in [0.3, 0.4) is 0 Å². The standard InChI is InChI=1S/C12H13FO3/c1-2-15-12(14)8-6-9-10(13)4-3-5-11(9)16-7-8/h3-5,8H,2,6-7H2,1H3. The first-order chi connectivity index (χ1) is 7.72. The van der Waals surface area contributed by atoms with E-state index in [1.165, 1.54) is 6.07 Å². The molecule has 0 spiro atoms. The summed E-state index contributed by atoms with van der Waals surface area (Å²) in [6.45, 7) is 2.34. The number of esters is 1. The third-order valence-corrected chi connectivity index (χ3v) is 2.59. The SMILES string of the molecule is CCOC(=O)C1COc2cccc(F)c2C1. The summed E-state index contributed by atoms with van der Waals surface area (Å²) < 4.78 is 23.7. The van der Waals surface area contributed by atoms with Gasteiger partial charge in [-0.05, 0) is 25.5 Å². The van der Waals surface area contributed by atoms with E-state index in [1.54, 1.807) is 19.1 Å². The van der Waals surface area contributed by atoms with E-state index in [0.29, 0.717) is 24.3 Å². The molecule has 86 valence electrons. The Morgan fingerprint density at radius 3 is 3.19 bits per heavy atom. The van der Waals surface area contributed by atoms with Gasteiger partial charge in [-0.25, -0.2) is 4.39 Å². The summed E-state index contributed by atoms with van der Waals surface area (Å²) >= 11 is 0. The van der Waals surface area contributed by atoms with E-state index < -0.39 is 5.92 Å². The van der Waals surface area contributed by atoms with Crippen molar-refractivity contribution in [3.63, 3.8) is 0 Å². The molecule has 1 heterocycles. The van der Waals surface area contributed by atoms with Gasteiger partial charge in [0.1, 0.15) is 18.2 Å². The molecule has 1 atom stereocenters. The zero-order chi connectivity index (χ0) is 11.5. The van der Waals surface area contributed by atoms with Crippen molar-refractivity contribution in [3.05, 3.63) is 29.6 Å². The molecule has 0 saturated heterocycles. The Hall–Kier alpha value is -1.58. The van der Waals surface area contributed by atoms with E-state index in [9.17, 15) is 9.18 Å². The molecule has 1 aromatic rings. The normalized spacial score (nSPS) is 18.5. The molecular weight excluding hydrogens is 211 g/mol. The van der Waals surface area contributed by atoms with Crippen LogP contribution in [0, 0.1) is 11.7 Å². The zero-order valence-electron chi connectivity index (χ0n) is 9.03. The lowest BCUT2D eigenvalue weighted by molar-refractivity contribution is -0.149. The summed E-state index contributed by atoms with van der Waals surface area (Å²) in [7, 11) is 0. The van der Waals surface area contributed by atoms with Gasteiger partial charge in [0.2, 0.25) is 0 Å². The van der Waals surface area contributed by atoms with Gasteiger partial charge in [-0.1, -0.05) is 6.07 Å². The maximum Gasteiger partial charge on any atom is 0.312 e. The second-order valence-electron chi connectivity index (χ2n) is 3.68. The van der Waals surface area contributed by atoms with Gasteiger partial charge in [-0.2, -0.15) is 0 Å². The van der Waals surface area contributed by atoms with Crippen LogP contribution in [0.25, 0.3) is 0 Å². The van der Waals surface area contributed by atoms with Gasteiger partial charge in [-0.15, -0.1) is 0 Å². The fourth-order valence-electron chi connectivity index (χ4n) is 1.78. The maximum atomic E-state index is 13.5. The van der Waals surface area contributed by atoms with Crippen LogP contribution >= 0.6 is 0 Å². The molecule has 0 radical (unpaired) electrons. The first-order valence-electron chi connectivity index (χ1n) is 5.29. The van der Waals surface area contributed by atoms with Gasteiger partial charge < -0.3 is 9.47 Å². The number of fused-ring (bicyclic) bond motifs is 1. The van der Waals surface area contributed by atoms with Crippen LogP contribution in [0.4, 0.5) is 4.39 Å². The summed E-state index contributed by atoms with van der Waals surface area (Å²) in [5, 5.41) is 0. The third kappa shape index (κ3) is 2.01. The van der Waals surface area contributed by atoms with E-state index >= 15 is 0 Å². The molecule has 0 saturated carbocycles. The Labute approximate surface area is 93.2 Å². The number of hydrogen-bond acceptors (Lipinski definition) is 3. The van der Waals surface area contributed by atoms with Crippen molar-refractivity contribution in [1.82, 2.24) is 0 Å². The van der Waals surface area contributed by atoms with E-state index in [4.69, 9.17) is 9.47 Å². The Morgan fingerprint density at radius 2 is 2.44 bits per heavy atom. The number of benzene rings is 1. The van der Waals surface area contributed by atoms with Crippen LogP contribution in [0.5, 0.6) is 5.75 Å². The van der Waals surface area contributed by atoms with Crippen molar-refractivity contribution in [2.24, 2.45) is 5.92 Å². The Balaban J connectivity index is 2.17. The van der Waals surface area contributed by atoms with Crippen LogP contribution in [0.2, 0.25) is 0 Å². The van der Waals surface area contributed by atoms with Crippen LogP contribution in [0.1, 0.15) is 12.5 Å². The second kappa shape index (κ2) is 4.51. The molecule has 3 nitrogen and oxygen atoms in total. The Kier molecular flexibility index (Phi) is 3.08. The molecule has 1 aliphatic rings. The maximum absolute atomic E-state index is 13.5. The topological polar surface area (TPSA) is 35.5 Å². The van der Waals surface area contributed by atoms with Crippen LogP contribution in [-0.2, 0) is 16.0 Å². The van der Waals surface area contributed by atoms with Crippen LogP contribution in [-0.4, -0.2) is 19.2 Å². The highest BCUT2D eigenvalue weighted by Crippen LogP contribution is 2.29. The molecule has 2 rings (SSSR count). The Morgan fingerprint density at radius 1 is 1.62 bits per heavy atom. The number of carbonyl (C=O) groups is 1. The van der Waals surface area contributed by atoms with Crippen molar-refractivity contribution in [2.75, 3.05) is 13.2 Å². The van der Waals surface area contributed by atoms with Crippen LogP contribution in [0.15, 0.2) is 18.2 Å². The average Bonchev–Trinajstić information content (AvgIpc) is 2.29. The van der Waals surface area contributed by atoms with E-state index in [1.807, 2.05) is 0 Å². The molecule has 0 aliphatic carbocycles. The molecule has 0 fully saturated rings. The minimum Gasteiger partial charge on any atom is -0.492 e. The van der Waals surface area contributed by atoms with Crippen molar-refractivity contribution < 1.29 is 18.7 Å². The molecule has 1 unspecified atom stereocenters. The van der Waals surface area contributed by atoms with E-state index in [2.05, 4.69) is 0 Å². The van der Waals surface area contributed by atoms with Gasteiger partial charge in [0.05, 0.1) is 12.5 Å². The third-order valence-electron chi connectivity index (χ3n) is 2.59. The number of halogens is 1. The summed E-state index contributed by atoms with van der Waals surface area (Å²) in [6.07, 6.45) is 0.348. The molecule has 1 aliphatic heterocycles. The molecule has 1 aromatic carbocycles. The van der Waals surface area contributed by atoms with Crippen molar-refractivity contribution in [1.29, 1.82) is 0 Å². The average molecular weight is 224 g/mol. The smallest absolute Gasteiger partial charge is 0.312 e. The Bertz CT molecular complexity index is 403. The molecule has 4 heteroatoms. The molecule has 16 heavy (non-hydrogen) atoms. The van der Waals surface area contributed by atoms with Crippen molar-refractivity contribution in [2.45, 2.75) is 13.3 Å². The number of ether oxygens (including phenoxy) is 2. The minimum absolute atomic E-state index is 0.259. The minimum atomic E-state index is -0.399. The highest BCUT2D eigenvalue weighted by Gasteiger charge is 2.28. The zero-order valence-corrected chi connectivity index (χ0v) is 9.03. The lowest BCUT2D eigenvalue weighted by atomic mass is 9.96. The molecular formula is C12H13FO3. The highest BCUT2D eigenvalue weighted by molar-refractivity contribution is 5.73. The van der Waals surface area contributed by atoms with E-state index in [0.717, 1.165) is 0 Å². The van der Waals surface area contributed by atoms with Gasteiger partial charge >= 0.3 is 5.97 Å². The largest absolute Gasteiger partial charge is 0.492 e. The summed E-state index contributed by atoms with van der Waals surface area (Å²) in [5.74, 6) is -0.521. The fourth-order valence-corrected chi connectivity index (χ4v) is 1.78. The van der Waals surface area contributed by atoms with Gasteiger partial charge in [-0.3, -0.25) is 4.79 Å². The fraction of sp³-hybridized carbons (Fsp3) is 0.417. The second-order valence-corrected chi connectivity index (χ2v) is 3.68. The molecule has 0 amide bonds. The predicted molar refractivity (Wildman–Crippen MR) is 55.7 cm³/mol. The van der Waals surface area contributed by atoms with E-state index in [-0.39, 0.29) is 18.4 Å². The van der Waals surface area contributed by atoms with Gasteiger partial charge in [0, 0.05) is 5.56 Å².